The summed E-state index contributed by atoms with van der Waals surface area (Å²) in [6, 6.07) is 11.4. The van der Waals surface area contributed by atoms with Crippen LogP contribution in [0.1, 0.15) is 30.1 Å². The number of nitrogens with one attached hydrogen (secondary N) is 2. The van der Waals surface area contributed by atoms with Crippen LogP contribution in [0, 0.1) is 0 Å². The van der Waals surface area contributed by atoms with Crippen molar-refractivity contribution in [2.75, 3.05) is 45.2 Å². The molecule has 1 amide bonds. The fourth-order valence-electron chi connectivity index (χ4n) is 3.31. The highest BCUT2D eigenvalue weighted by Crippen LogP contribution is 2.26. The van der Waals surface area contributed by atoms with E-state index in [1.165, 1.54) is 16.4 Å². The van der Waals surface area contributed by atoms with E-state index in [-0.39, 0.29) is 15.9 Å². The van der Waals surface area contributed by atoms with Gasteiger partial charge in [-0.2, -0.15) is 4.31 Å². The number of carbonyl (C=O) groups excluding carboxylic acids is 1. The maximum Gasteiger partial charge on any atom is 0.257 e. The first-order chi connectivity index (χ1) is 16.2. The normalized spacial score (nSPS) is 15.0. The van der Waals surface area contributed by atoms with E-state index in [9.17, 15) is 13.2 Å². The van der Waals surface area contributed by atoms with Crippen molar-refractivity contribution in [2.45, 2.75) is 24.7 Å². The van der Waals surface area contributed by atoms with Crippen LogP contribution in [0.2, 0.25) is 0 Å². The molecule has 2 aromatic rings. The molecule has 0 aliphatic carbocycles. The summed E-state index contributed by atoms with van der Waals surface area (Å²) in [5.74, 6) is 0.310. The third-order valence-corrected chi connectivity index (χ3v) is 8.13. The Bertz CT molecular complexity index is 1120. The highest BCUT2D eigenvalue weighted by molar-refractivity contribution is 9.10. The number of rotatable bonds is 8. The summed E-state index contributed by atoms with van der Waals surface area (Å²) in [7, 11) is -1.56. The zero-order chi connectivity index (χ0) is 24.7. The number of carbonyl (C=O) groups is 1. The third-order valence-electron chi connectivity index (χ3n) is 5.39. The van der Waals surface area contributed by atoms with Gasteiger partial charge in [-0.15, -0.1) is 0 Å². The summed E-state index contributed by atoms with van der Waals surface area (Å²) >= 11 is 8.68. The van der Waals surface area contributed by atoms with Crippen molar-refractivity contribution in [3.8, 4) is 5.75 Å². The standard InChI is InChI=1S/C23H29BrN4O4S2/c1-3-4-15-32-21-10-5-17(16-20(21)24)22(29)26-23(33)25-18-6-8-19(9-7-18)34(30,31)28-13-11-27(2)12-14-28/h5-10,16H,3-4,11-15H2,1-2H3,(H2,25,26,29,33). The van der Waals surface area contributed by atoms with E-state index < -0.39 is 10.0 Å². The molecule has 0 spiro atoms. The van der Waals surface area contributed by atoms with Crippen molar-refractivity contribution in [3.05, 3.63) is 52.5 Å². The van der Waals surface area contributed by atoms with Crippen molar-refractivity contribution in [3.63, 3.8) is 0 Å². The van der Waals surface area contributed by atoms with Crippen molar-refractivity contribution in [1.82, 2.24) is 14.5 Å². The molecule has 1 saturated heterocycles. The maximum atomic E-state index is 12.8. The van der Waals surface area contributed by atoms with Gasteiger partial charge in [0.25, 0.3) is 5.91 Å². The number of amides is 1. The van der Waals surface area contributed by atoms with Crippen LogP contribution < -0.4 is 15.4 Å². The van der Waals surface area contributed by atoms with Crippen LogP contribution in [0.15, 0.2) is 51.8 Å². The Balaban J connectivity index is 1.56. The van der Waals surface area contributed by atoms with Gasteiger partial charge in [0.05, 0.1) is 16.0 Å². The van der Waals surface area contributed by atoms with Crippen LogP contribution in [0.5, 0.6) is 5.75 Å². The molecule has 0 radical (unpaired) electrons. The second-order valence-corrected chi connectivity index (χ2v) is 11.2. The minimum absolute atomic E-state index is 0.110. The predicted molar refractivity (Wildman–Crippen MR) is 141 cm³/mol. The molecule has 3 rings (SSSR count). The second-order valence-electron chi connectivity index (χ2n) is 7.99. The summed E-state index contributed by atoms with van der Waals surface area (Å²) in [4.78, 5) is 14.9. The molecule has 0 unspecified atom stereocenters. The Morgan fingerprint density at radius 1 is 1.12 bits per heavy atom. The number of thiocarbonyl (C=S) groups is 1. The predicted octanol–water partition coefficient (Wildman–Crippen LogP) is 3.69. The molecule has 0 saturated carbocycles. The monoisotopic (exact) mass is 568 g/mol. The van der Waals surface area contributed by atoms with Gasteiger partial charge in [-0.25, -0.2) is 8.42 Å². The molecular weight excluding hydrogens is 540 g/mol. The zero-order valence-corrected chi connectivity index (χ0v) is 22.4. The number of anilines is 1. The third kappa shape index (κ3) is 6.98. The van der Waals surface area contributed by atoms with Gasteiger partial charge in [-0.05, 0) is 84.1 Å². The van der Waals surface area contributed by atoms with E-state index in [1.54, 1.807) is 30.3 Å². The minimum Gasteiger partial charge on any atom is -0.492 e. The number of benzene rings is 2. The van der Waals surface area contributed by atoms with Gasteiger partial charge in [0, 0.05) is 37.4 Å². The Morgan fingerprint density at radius 3 is 2.41 bits per heavy atom. The number of piperazine rings is 1. The highest BCUT2D eigenvalue weighted by atomic mass is 79.9. The van der Waals surface area contributed by atoms with Crippen LogP contribution in [-0.4, -0.2) is 68.5 Å². The Kier molecular flexibility index (Phi) is 9.43. The summed E-state index contributed by atoms with van der Waals surface area (Å²) in [5.41, 5.74) is 0.996. The molecule has 0 aromatic heterocycles. The summed E-state index contributed by atoms with van der Waals surface area (Å²) in [5, 5.41) is 5.66. The molecule has 184 valence electrons. The number of halogens is 1. The van der Waals surface area contributed by atoms with Gasteiger partial charge in [0.15, 0.2) is 5.11 Å². The first kappa shape index (κ1) is 26.6. The molecule has 0 atom stereocenters. The maximum absolute atomic E-state index is 12.8. The lowest BCUT2D eigenvalue weighted by Crippen LogP contribution is -2.46. The topological polar surface area (TPSA) is 91.0 Å². The smallest absolute Gasteiger partial charge is 0.257 e. The Labute approximate surface area is 214 Å². The van der Waals surface area contributed by atoms with Gasteiger partial charge >= 0.3 is 0 Å². The molecule has 11 heteroatoms. The lowest BCUT2D eigenvalue weighted by molar-refractivity contribution is 0.0977. The fraction of sp³-hybridized carbons (Fsp3) is 0.391. The summed E-state index contributed by atoms with van der Waals surface area (Å²) in [6.45, 7) is 5.06. The van der Waals surface area contributed by atoms with Crippen LogP contribution in [0.3, 0.4) is 0 Å². The number of sulfonamides is 1. The average Bonchev–Trinajstić information content (AvgIpc) is 2.80. The van der Waals surface area contributed by atoms with Gasteiger partial charge in [0.2, 0.25) is 10.0 Å². The SMILES string of the molecule is CCCCOc1ccc(C(=O)NC(=S)Nc2ccc(S(=O)(=O)N3CCN(C)CC3)cc2)cc1Br. The zero-order valence-electron chi connectivity index (χ0n) is 19.2. The lowest BCUT2D eigenvalue weighted by Gasteiger charge is -2.31. The second kappa shape index (κ2) is 12.1. The molecule has 1 fully saturated rings. The van der Waals surface area contributed by atoms with Gasteiger partial charge in [-0.3, -0.25) is 10.1 Å². The van der Waals surface area contributed by atoms with Gasteiger partial charge < -0.3 is 15.0 Å². The fourth-order valence-corrected chi connectivity index (χ4v) is 5.44. The molecule has 8 nitrogen and oxygen atoms in total. The van der Waals surface area contributed by atoms with Crippen molar-refractivity contribution in [2.24, 2.45) is 0 Å². The molecule has 1 aliphatic rings. The number of hydrogen-bond donors (Lipinski definition) is 2. The quantitative estimate of drug-likeness (QED) is 0.370. The number of hydrogen-bond acceptors (Lipinski definition) is 6. The van der Waals surface area contributed by atoms with Crippen LogP contribution in [0.25, 0.3) is 0 Å². The van der Waals surface area contributed by atoms with E-state index in [4.69, 9.17) is 17.0 Å². The van der Waals surface area contributed by atoms with Crippen molar-refractivity contribution < 1.29 is 17.9 Å². The van der Waals surface area contributed by atoms with E-state index in [1.807, 2.05) is 7.05 Å². The number of ether oxygens (including phenoxy) is 1. The summed E-state index contributed by atoms with van der Waals surface area (Å²) in [6.07, 6.45) is 1.99. The largest absolute Gasteiger partial charge is 0.492 e. The van der Waals surface area contributed by atoms with Crippen LogP contribution in [0.4, 0.5) is 5.69 Å². The highest BCUT2D eigenvalue weighted by Gasteiger charge is 2.27. The Morgan fingerprint density at radius 2 is 1.79 bits per heavy atom. The van der Waals surface area contributed by atoms with Gasteiger partial charge in [0.1, 0.15) is 5.75 Å². The van der Waals surface area contributed by atoms with E-state index >= 15 is 0 Å². The molecule has 0 bridgehead atoms. The van der Waals surface area contributed by atoms with Crippen molar-refractivity contribution >= 4 is 54.9 Å². The van der Waals surface area contributed by atoms with Crippen LogP contribution >= 0.6 is 28.1 Å². The molecule has 2 N–H and O–H groups in total. The van der Waals surface area contributed by atoms with Crippen molar-refractivity contribution in [1.29, 1.82) is 0 Å². The number of nitrogens with zero attached hydrogens (tertiary/aromatic N) is 2. The Hall–Kier alpha value is -2.05. The average molecular weight is 570 g/mol. The number of likely N-dealkylation sites (N-methyl/N-ethyl adjacent to an activating group) is 1. The van der Waals surface area contributed by atoms with Crippen LogP contribution in [-0.2, 0) is 10.0 Å². The molecular formula is C23H29BrN4O4S2. The summed E-state index contributed by atoms with van der Waals surface area (Å²) < 4.78 is 33.6. The van der Waals surface area contributed by atoms with E-state index in [2.05, 4.69) is 38.4 Å². The molecule has 2 aromatic carbocycles. The minimum atomic E-state index is -3.54. The van der Waals surface area contributed by atoms with E-state index in [0.717, 1.165) is 12.8 Å². The number of unbranched alkanes of at least 4 members (excludes halogenated alkanes) is 1. The lowest BCUT2D eigenvalue weighted by atomic mass is 10.2. The molecule has 1 heterocycles. The van der Waals surface area contributed by atoms with E-state index in [0.29, 0.717) is 54.3 Å². The first-order valence-corrected chi connectivity index (χ1v) is 13.7. The first-order valence-electron chi connectivity index (χ1n) is 11.0. The molecule has 34 heavy (non-hydrogen) atoms. The molecule has 1 aliphatic heterocycles. The van der Waals surface area contributed by atoms with Gasteiger partial charge in [-0.1, -0.05) is 13.3 Å².